The molecule has 24 heavy (non-hydrogen) atoms. The Hall–Kier alpha value is -0.200. The maximum atomic E-state index is 10.3. The highest BCUT2D eigenvalue weighted by Crippen LogP contribution is 2.38. The van der Waals surface area contributed by atoms with Gasteiger partial charge in [0.15, 0.2) is 0 Å². The summed E-state index contributed by atoms with van der Waals surface area (Å²) in [4.78, 5) is 4.57. The molecule has 0 amide bonds. The van der Waals surface area contributed by atoms with Gasteiger partial charge in [-0.3, -0.25) is 9.80 Å². The molecule has 2 rings (SSSR count). The number of nitrogens with zero attached hydrogens (tertiary/aromatic N) is 2. The van der Waals surface area contributed by atoms with Gasteiger partial charge in [0.05, 0.1) is 25.4 Å². The second-order valence-corrected chi connectivity index (χ2v) is 8.69. The van der Waals surface area contributed by atoms with E-state index >= 15 is 0 Å². The smallest absolute Gasteiger partial charge is 0.0900 e. The fraction of sp³-hybridized carbons (Fsp3) is 1.00. The first-order valence-electron chi connectivity index (χ1n) is 9.73. The fourth-order valence-electron chi connectivity index (χ4n) is 4.03. The van der Waals surface area contributed by atoms with Crippen LogP contribution in [0.15, 0.2) is 0 Å². The number of hydrogen-bond acceptors (Lipinski definition) is 5. The Morgan fingerprint density at radius 2 is 1.58 bits per heavy atom. The van der Waals surface area contributed by atoms with Crippen molar-refractivity contribution in [3.05, 3.63) is 0 Å². The lowest BCUT2D eigenvalue weighted by Gasteiger charge is -2.37. The average Bonchev–Trinajstić information content (AvgIpc) is 2.55. The number of ether oxygens (including phenoxy) is 1. The molecule has 0 bridgehead atoms. The lowest BCUT2D eigenvalue weighted by molar-refractivity contribution is -0.0473. The van der Waals surface area contributed by atoms with Crippen molar-refractivity contribution in [2.75, 3.05) is 52.5 Å². The van der Waals surface area contributed by atoms with Gasteiger partial charge in [0.1, 0.15) is 0 Å². The molecule has 2 N–H and O–H groups in total. The van der Waals surface area contributed by atoms with Crippen LogP contribution in [0.5, 0.6) is 0 Å². The van der Waals surface area contributed by atoms with E-state index in [-0.39, 0.29) is 6.61 Å². The van der Waals surface area contributed by atoms with Crippen molar-refractivity contribution < 1.29 is 14.9 Å². The van der Waals surface area contributed by atoms with Crippen LogP contribution in [0.1, 0.15) is 46.5 Å². The minimum absolute atomic E-state index is 0.230. The summed E-state index contributed by atoms with van der Waals surface area (Å²) in [5.74, 6) is 0.803. The summed E-state index contributed by atoms with van der Waals surface area (Å²) in [7, 11) is 0. The van der Waals surface area contributed by atoms with Crippen LogP contribution >= 0.6 is 0 Å². The first-order valence-corrected chi connectivity index (χ1v) is 9.73. The molecule has 1 saturated heterocycles. The summed E-state index contributed by atoms with van der Waals surface area (Å²) in [5.41, 5.74) is 0.405. The molecule has 2 fully saturated rings. The van der Waals surface area contributed by atoms with Gasteiger partial charge in [0.2, 0.25) is 0 Å². The predicted molar refractivity (Wildman–Crippen MR) is 97.1 cm³/mol. The molecular formula is C19H38N2O3. The van der Waals surface area contributed by atoms with Crippen molar-refractivity contribution in [3.8, 4) is 0 Å². The maximum Gasteiger partial charge on any atom is 0.0900 e. The van der Waals surface area contributed by atoms with Crippen LogP contribution in [0.3, 0.4) is 0 Å². The van der Waals surface area contributed by atoms with Gasteiger partial charge in [-0.25, -0.2) is 0 Å². The highest BCUT2D eigenvalue weighted by Gasteiger charge is 2.30. The van der Waals surface area contributed by atoms with E-state index in [1.165, 1.54) is 12.8 Å². The average molecular weight is 343 g/mol. The standard InChI is InChI=1S/C19H38N2O3/c1-19(2,3)16-4-6-18(7-5-16)24-15-17(23)14-21-10-8-20(9-11-21)12-13-22/h16-18,22-23H,4-15H2,1-3H3/t16?,17-,18?/m1/s1. The topological polar surface area (TPSA) is 56.2 Å². The maximum absolute atomic E-state index is 10.3. The Kier molecular flexibility index (Phi) is 7.95. The van der Waals surface area contributed by atoms with E-state index in [4.69, 9.17) is 9.84 Å². The Morgan fingerprint density at radius 3 is 2.12 bits per heavy atom. The van der Waals surface area contributed by atoms with Gasteiger partial charge in [-0.05, 0) is 37.0 Å². The molecule has 5 nitrogen and oxygen atoms in total. The number of hydrogen-bond donors (Lipinski definition) is 2. The quantitative estimate of drug-likeness (QED) is 0.736. The summed E-state index contributed by atoms with van der Waals surface area (Å²) in [6, 6.07) is 0. The molecule has 1 saturated carbocycles. The predicted octanol–water partition coefficient (Wildman–Crippen LogP) is 1.58. The van der Waals surface area contributed by atoms with E-state index in [1.54, 1.807) is 0 Å². The molecule has 1 heterocycles. The number of β-amino-alcohol motifs (C(OH)–C–C–N with tert-alkyl or cyclic N) is 2. The van der Waals surface area contributed by atoms with E-state index in [9.17, 15) is 5.11 Å². The molecule has 0 unspecified atom stereocenters. The minimum atomic E-state index is -0.394. The normalized spacial score (nSPS) is 28.9. The van der Waals surface area contributed by atoms with Crippen LogP contribution in [0.4, 0.5) is 0 Å². The monoisotopic (exact) mass is 342 g/mol. The molecule has 0 radical (unpaired) electrons. The molecule has 2 aliphatic rings. The van der Waals surface area contributed by atoms with Gasteiger partial charge in [-0.1, -0.05) is 20.8 Å². The van der Waals surface area contributed by atoms with E-state index in [0.717, 1.165) is 51.5 Å². The van der Waals surface area contributed by atoms with Crippen LogP contribution in [0.2, 0.25) is 0 Å². The summed E-state index contributed by atoms with van der Waals surface area (Å²) < 4.78 is 5.99. The third kappa shape index (κ3) is 6.60. The summed E-state index contributed by atoms with van der Waals surface area (Å²) in [6.07, 6.45) is 4.70. The molecule has 0 spiro atoms. The van der Waals surface area contributed by atoms with E-state index in [2.05, 4.69) is 30.6 Å². The molecule has 142 valence electrons. The third-order valence-corrected chi connectivity index (χ3v) is 5.77. The van der Waals surface area contributed by atoms with Crippen LogP contribution in [-0.2, 0) is 4.74 Å². The molecule has 0 aromatic rings. The summed E-state index contributed by atoms with van der Waals surface area (Å²) in [5, 5.41) is 19.2. The molecule has 5 heteroatoms. The fourth-order valence-corrected chi connectivity index (χ4v) is 4.03. The van der Waals surface area contributed by atoms with Crippen molar-refractivity contribution in [1.29, 1.82) is 0 Å². The van der Waals surface area contributed by atoms with Gasteiger partial charge >= 0.3 is 0 Å². The minimum Gasteiger partial charge on any atom is -0.395 e. The lowest BCUT2D eigenvalue weighted by Crippen LogP contribution is -2.49. The highest BCUT2D eigenvalue weighted by molar-refractivity contribution is 4.81. The SMILES string of the molecule is CC(C)(C)C1CCC(OC[C@H](O)CN2CCN(CCO)CC2)CC1. The Balaban J connectivity index is 1.58. The van der Waals surface area contributed by atoms with Gasteiger partial charge in [0.25, 0.3) is 0 Å². The highest BCUT2D eigenvalue weighted by atomic mass is 16.5. The first kappa shape index (κ1) is 20.1. The van der Waals surface area contributed by atoms with Crippen molar-refractivity contribution in [2.45, 2.75) is 58.7 Å². The van der Waals surface area contributed by atoms with Crippen LogP contribution < -0.4 is 0 Å². The van der Waals surface area contributed by atoms with Gasteiger partial charge < -0.3 is 14.9 Å². The second-order valence-electron chi connectivity index (χ2n) is 8.69. The van der Waals surface area contributed by atoms with Crippen molar-refractivity contribution >= 4 is 0 Å². The largest absolute Gasteiger partial charge is 0.395 e. The van der Waals surface area contributed by atoms with E-state index in [0.29, 0.717) is 24.7 Å². The molecular weight excluding hydrogens is 304 g/mol. The number of piperazine rings is 1. The Morgan fingerprint density at radius 1 is 1.00 bits per heavy atom. The van der Waals surface area contributed by atoms with Gasteiger partial charge in [0, 0.05) is 39.3 Å². The molecule has 1 atom stereocenters. The molecule has 1 aliphatic carbocycles. The zero-order valence-electron chi connectivity index (χ0n) is 15.9. The van der Waals surface area contributed by atoms with Crippen LogP contribution in [0.25, 0.3) is 0 Å². The van der Waals surface area contributed by atoms with E-state index in [1.807, 2.05) is 0 Å². The van der Waals surface area contributed by atoms with Crippen LogP contribution in [0, 0.1) is 11.3 Å². The summed E-state index contributed by atoms with van der Waals surface area (Å²) >= 11 is 0. The van der Waals surface area contributed by atoms with Crippen molar-refractivity contribution in [2.24, 2.45) is 11.3 Å². The zero-order chi connectivity index (χ0) is 17.6. The molecule has 0 aromatic heterocycles. The Labute approximate surface area is 148 Å². The number of aliphatic hydroxyl groups excluding tert-OH is 2. The zero-order valence-corrected chi connectivity index (χ0v) is 15.9. The van der Waals surface area contributed by atoms with Gasteiger partial charge in [-0.2, -0.15) is 0 Å². The molecule has 0 aromatic carbocycles. The van der Waals surface area contributed by atoms with Gasteiger partial charge in [-0.15, -0.1) is 0 Å². The Bertz CT molecular complexity index is 343. The first-order chi connectivity index (χ1) is 11.4. The summed E-state index contributed by atoms with van der Waals surface area (Å²) in [6.45, 7) is 13.0. The molecule has 1 aliphatic heterocycles. The lowest BCUT2D eigenvalue weighted by atomic mass is 9.72. The number of aliphatic hydroxyl groups is 2. The van der Waals surface area contributed by atoms with E-state index < -0.39 is 6.10 Å². The third-order valence-electron chi connectivity index (χ3n) is 5.77. The second kappa shape index (κ2) is 9.48. The van der Waals surface area contributed by atoms with Crippen LogP contribution in [-0.4, -0.2) is 84.7 Å². The number of rotatable bonds is 7. The van der Waals surface area contributed by atoms with Crippen molar-refractivity contribution in [1.82, 2.24) is 9.80 Å². The van der Waals surface area contributed by atoms with Crippen molar-refractivity contribution in [3.63, 3.8) is 0 Å².